The summed E-state index contributed by atoms with van der Waals surface area (Å²) in [6, 6.07) is 14.5. The van der Waals surface area contributed by atoms with Crippen LogP contribution in [0.15, 0.2) is 58.1 Å². The third-order valence-corrected chi connectivity index (χ3v) is 4.58. The minimum Gasteiger partial charge on any atom is -0.538 e. The molecule has 2 aromatic carbocycles. The average molecular weight is 371 g/mol. The first-order valence-corrected chi connectivity index (χ1v) is 8.78. The van der Waals surface area contributed by atoms with Crippen LogP contribution in [0.3, 0.4) is 0 Å². The highest BCUT2D eigenvalue weighted by atomic mass is 32.2. The number of ether oxygens (including phenoxy) is 1. The van der Waals surface area contributed by atoms with E-state index in [4.69, 9.17) is 9.26 Å². The number of benzene rings is 2. The van der Waals surface area contributed by atoms with Crippen molar-refractivity contribution >= 4 is 23.4 Å². The Kier molecular flexibility index (Phi) is 5.43. The quantitative estimate of drug-likeness (QED) is 0.527. The molecule has 1 N–H and O–H groups in total. The van der Waals surface area contributed by atoms with E-state index >= 15 is 0 Å². The predicted molar refractivity (Wildman–Crippen MR) is 94.6 cm³/mol. The van der Waals surface area contributed by atoms with Crippen LogP contribution in [-0.4, -0.2) is 24.0 Å². The highest BCUT2D eigenvalue weighted by Gasteiger charge is 2.22. The fraction of sp³-hybridized carbons (Fsp3) is 0.167. The molecule has 1 aromatic heterocycles. The molecule has 26 heavy (non-hydrogen) atoms. The van der Waals surface area contributed by atoms with Crippen LogP contribution in [-0.2, 0) is 4.79 Å². The molecule has 134 valence electrons. The van der Waals surface area contributed by atoms with Gasteiger partial charge in [-0.3, -0.25) is 4.79 Å². The maximum absolute atomic E-state index is 12.1. The van der Waals surface area contributed by atoms with Crippen LogP contribution in [0.25, 0.3) is 5.69 Å². The number of aromatic nitrogens is 2. The summed E-state index contributed by atoms with van der Waals surface area (Å²) in [6.45, 7) is 1.97. The minimum atomic E-state index is -0.589. The van der Waals surface area contributed by atoms with E-state index in [0.717, 1.165) is 17.3 Å². The lowest BCUT2D eigenvalue weighted by Gasteiger charge is -2.04. The summed E-state index contributed by atoms with van der Waals surface area (Å²) in [5.41, 5.74) is 2.45. The normalized spacial score (nSPS) is 10.5. The maximum atomic E-state index is 12.1. The number of amides is 1. The van der Waals surface area contributed by atoms with Crippen molar-refractivity contribution in [3.05, 3.63) is 54.1 Å². The predicted octanol–water partition coefficient (Wildman–Crippen LogP) is 2.07. The van der Waals surface area contributed by atoms with Gasteiger partial charge in [0.2, 0.25) is 11.6 Å². The molecule has 0 aliphatic rings. The van der Waals surface area contributed by atoms with Crippen LogP contribution in [0.2, 0.25) is 0 Å². The molecule has 0 aliphatic carbocycles. The Bertz CT molecular complexity index is 892. The lowest BCUT2D eigenvalue weighted by atomic mass is 10.2. The monoisotopic (exact) mass is 371 g/mol. The van der Waals surface area contributed by atoms with Gasteiger partial charge in [0.25, 0.3) is 5.03 Å². The maximum Gasteiger partial charge on any atom is 0.298 e. The Morgan fingerprint density at radius 2 is 1.92 bits per heavy atom. The molecule has 1 amide bonds. The van der Waals surface area contributed by atoms with Gasteiger partial charge < -0.3 is 19.7 Å². The molecular weight excluding hydrogens is 354 g/mol. The Hall–Kier alpha value is -3.00. The van der Waals surface area contributed by atoms with Crippen LogP contribution in [0.1, 0.15) is 5.56 Å². The van der Waals surface area contributed by atoms with Crippen LogP contribution >= 0.6 is 11.8 Å². The second kappa shape index (κ2) is 7.92. The first-order valence-electron chi connectivity index (χ1n) is 7.79. The Morgan fingerprint density at radius 3 is 2.58 bits per heavy atom. The second-order valence-electron chi connectivity index (χ2n) is 5.48. The first kappa shape index (κ1) is 17.8. The third-order valence-electron chi connectivity index (χ3n) is 3.56. The number of nitrogens with zero attached hydrogens (tertiary/aromatic N) is 2. The molecular formula is C18H17N3O4S. The summed E-state index contributed by atoms with van der Waals surface area (Å²) in [5, 5.41) is 18.7. The molecule has 8 heteroatoms. The number of methoxy groups -OCH3 is 1. The number of carbonyl (C=O) groups is 1. The molecule has 0 bridgehead atoms. The third kappa shape index (κ3) is 4.15. The fourth-order valence-corrected chi connectivity index (χ4v) is 2.97. The zero-order chi connectivity index (χ0) is 18.5. The molecule has 0 unspecified atom stereocenters. The van der Waals surface area contributed by atoms with Crippen molar-refractivity contribution in [2.75, 3.05) is 18.2 Å². The van der Waals surface area contributed by atoms with E-state index < -0.39 is 5.95 Å². The summed E-state index contributed by atoms with van der Waals surface area (Å²) in [6.07, 6.45) is 0. The zero-order valence-electron chi connectivity index (χ0n) is 14.3. The summed E-state index contributed by atoms with van der Waals surface area (Å²) < 4.78 is 11.2. The molecule has 0 fully saturated rings. The zero-order valence-corrected chi connectivity index (χ0v) is 15.1. The van der Waals surface area contributed by atoms with E-state index in [1.807, 2.05) is 31.2 Å². The van der Waals surface area contributed by atoms with Crippen LogP contribution in [0, 0.1) is 6.92 Å². The molecule has 3 aromatic rings. The molecule has 0 atom stereocenters. The summed E-state index contributed by atoms with van der Waals surface area (Å²) >= 11 is 1.07. The van der Waals surface area contributed by atoms with Crippen molar-refractivity contribution in [2.24, 2.45) is 0 Å². The highest BCUT2D eigenvalue weighted by Crippen LogP contribution is 2.24. The number of hydrogen-bond acceptors (Lipinski definition) is 6. The molecule has 0 saturated heterocycles. The van der Waals surface area contributed by atoms with Crippen molar-refractivity contribution in [1.29, 1.82) is 0 Å². The van der Waals surface area contributed by atoms with Gasteiger partial charge in [0.05, 0.1) is 18.1 Å². The van der Waals surface area contributed by atoms with Gasteiger partial charge in [0, 0.05) is 17.8 Å². The van der Waals surface area contributed by atoms with Crippen molar-refractivity contribution in [2.45, 2.75) is 11.9 Å². The topological polar surface area (TPSA) is 91.3 Å². The van der Waals surface area contributed by atoms with E-state index in [1.54, 1.807) is 31.4 Å². The standard InChI is InChI=1S/C18H17N3O4S/c1-12-3-5-13(6-4-12)19-16(22)11-26-17-18(23)25-20-21(17)14-7-9-15(24-2)10-8-14/h3-10H,11H2,1-2H3,(H-,19,20,22,23). The number of nitrogens with one attached hydrogen (secondary N) is 1. The van der Waals surface area contributed by atoms with E-state index in [1.165, 1.54) is 4.68 Å². The summed E-state index contributed by atoms with van der Waals surface area (Å²) in [5.74, 6) is -0.0675. The Morgan fingerprint density at radius 1 is 1.23 bits per heavy atom. The van der Waals surface area contributed by atoms with Gasteiger partial charge in [-0.1, -0.05) is 17.7 Å². The van der Waals surface area contributed by atoms with Crippen LogP contribution in [0.4, 0.5) is 5.69 Å². The number of thioether (sulfide) groups is 1. The van der Waals surface area contributed by atoms with E-state index in [2.05, 4.69) is 10.6 Å². The molecule has 1 heterocycles. The molecule has 0 spiro atoms. The van der Waals surface area contributed by atoms with Crippen LogP contribution in [0.5, 0.6) is 11.7 Å². The Labute approximate surface area is 154 Å². The Balaban J connectivity index is 1.68. The minimum absolute atomic E-state index is 0.0560. The van der Waals surface area contributed by atoms with Gasteiger partial charge in [0.1, 0.15) is 5.75 Å². The second-order valence-corrected chi connectivity index (χ2v) is 6.44. The van der Waals surface area contributed by atoms with E-state index in [0.29, 0.717) is 17.1 Å². The molecule has 0 aliphatic heterocycles. The number of carbonyl (C=O) groups excluding carboxylic acids is 1. The van der Waals surface area contributed by atoms with Crippen molar-refractivity contribution in [3.8, 4) is 17.4 Å². The fourth-order valence-electron chi connectivity index (χ4n) is 2.22. The van der Waals surface area contributed by atoms with Gasteiger partial charge in [-0.15, -0.1) is 0 Å². The van der Waals surface area contributed by atoms with E-state index in [-0.39, 0.29) is 16.7 Å². The summed E-state index contributed by atoms with van der Waals surface area (Å²) in [7, 11) is 1.57. The van der Waals surface area contributed by atoms with Gasteiger partial charge in [-0.05, 0) is 47.6 Å². The largest absolute Gasteiger partial charge is 0.538 e. The van der Waals surface area contributed by atoms with Gasteiger partial charge in [-0.2, -0.15) is 0 Å². The van der Waals surface area contributed by atoms with Crippen LogP contribution < -0.4 is 19.8 Å². The number of rotatable bonds is 6. The van der Waals surface area contributed by atoms with E-state index in [9.17, 15) is 9.90 Å². The molecule has 7 nitrogen and oxygen atoms in total. The van der Waals surface area contributed by atoms with Crippen molar-refractivity contribution in [3.63, 3.8) is 0 Å². The lowest BCUT2D eigenvalue weighted by molar-refractivity contribution is -0.705. The number of aryl methyl sites for hydroxylation is 1. The van der Waals surface area contributed by atoms with Crippen molar-refractivity contribution < 1.29 is 23.8 Å². The average Bonchev–Trinajstić information content (AvgIpc) is 3.02. The highest BCUT2D eigenvalue weighted by molar-refractivity contribution is 7.99. The number of anilines is 1. The van der Waals surface area contributed by atoms with Gasteiger partial charge >= 0.3 is 0 Å². The first-order chi connectivity index (χ1) is 12.6. The smallest absolute Gasteiger partial charge is 0.298 e. The molecule has 0 saturated carbocycles. The van der Waals surface area contributed by atoms with Gasteiger partial charge in [0.15, 0.2) is 5.95 Å². The molecule has 0 radical (unpaired) electrons. The number of hydrogen-bond donors (Lipinski definition) is 1. The lowest BCUT2D eigenvalue weighted by Crippen LogP contribution is -2.35. The molecule has 3 rings (SSSR count). The van der Waals surface area contributed by atoms with Gasteiger partial charge in [-0.25, -0.2) is 0 Å². The van der Waals surface area contributed by atoms with Crippen molar-refractivity contribution in [1.82, 2.24) is 5.27 Å². The summed E-state index contributed by atoms with van der Waals surface area (Å²) in [4.78, 5) is 12.1. The SMILES string of the molecule is COc1ccc(-[n+]2noc([O-])c2SCC(=O)Nc2ccc(C)cc2)cc1.